The summed E-state index contributed by atoms with van der Waals surface area (Å²) in [6.07, 6.45) is -10.7. The highest BCUT2D eigenvalue weighted by atomic mass is 35.5. The molecule has 448 valence electrons. The first-order valence-corrected chi connectivity index (χ1v) is 25.0. The number of carboxylic acid groups (broad SMARTS) is 1. The number of amides is 1. The Balaban J connectivity index is 0.000000309. The van der Waals surface area contributed by atoms with Gasteiger partial charge in [0.15, 0.2) is 11.6 Å². The summed E-state index contributed by atoms with van der Waals surface area (Å²) in [5.41, 5.74) is -4.19. The summed E-state index contributed by atoms with van der Waals surface area (Å²) in [4.78, 5) is 75.2. The number of aliphatic hydroxyl groups is 2. The van der Waals surface area contributed by atoms with E-state index in [1.54, 1.807) is 69.2 Å². The van der Waals surface area contributed by atoms with Gasteiger partial charge in [0.2, 0.25) is 11.2 Å². The average molecular weight is 1190 g/mol. The number of aromatic nitrogens is 8. The Labute approximate surface area is 477 Å². The van der Waals surface area contributed by atoms with Crippen LogP contribution in [0.2, 0.25) is 0 Å². The van der Waals surface area contributed by atoms with Crippen molar-refractivity contribution < 1.29 is 74.4 Å². The van der Waals surface area contributed by atoms with E-state index in [-0.39, 0.29) is 57.6 Å². The molecule has 18 nitrogen and oxygen atoms in total. The third-order valence-corrected chi connectivity index (χ3v) is 12.4. The smallest absolute Gasteiger partial charge is 0.422 e. The molecule has 0 saturated heterocycles. The number of hydrogen-bond donors (Lipinski definition) is 8. The minimum absolute atomic E-state index is 0. The number of rotatable bonds is 16. The topological polar surface area (TPSA) is 288 Å². The maximum atomic E-state index is 14.5. The number of alkyl halides is 6. The summed E-state index contributed by atoms with van der Waals surface area (Å²) < 4.78 is 118. The van der Waals surface area contributed by atoms with Gasteiger partial charge in [0.05, 0.1) is 46.9 Å². The van der Waals surface area contributed by atoms with Crippen LogP contribution in [0.4, 0.5) is 39.9 Å². The minimum Gasteiger partial charge on any atom is -0.477 e. The molecule has 7 aromatic rings. The van der Waals surface area contributed by atoms with Crippen molar-refractivity contribution in [2.75, 3.05) is 0 Å². The number of aromatic carboxylic acids is 1. The molecule has 1 amide bonds. The number of ether oxygens (including phenoxy) is 1. The van der Waals surface area contributed by atoms with E-state index < -0.39 is 113 Å². The van der Waals surface area contributed by atoms with E-state index in [0.29, 0.717) is 23.0 Å². The summed E-state index contributed by atoms with van der Waals surface area (Å²) in [5.74, 6) is -1.90. The number of nitrogens with two attached hydrogens (primary N) is 1. The molecule has 0 radical (unpaired) electrons. The number of aromatic amines is 3. The number of carbonyl (C=O) groups is 4. The lowest BCUT2D eigenvalue weighted by Crippen LogP contribution is -2.45. The van der Waals surface area contributed by atoms with E-state index in [0.717, 1.165) is 36.4 Å². The van der Waals surface area contributed by atoms with Gasteiger partial charge in [-0.3, -0.25) is 9.59 Å². The van der Waals surface area contributed by atoms with Gasteiger partial charge in [0, 0.05) is 29.5 Å². The van der Waals surface area contributed by atoms with E-state index in [1.807, 2.05) is 0 Å². The quantitative estimate of drug-likeness (QED) is 0.0330. The maximum absolute atomic E-state index is 14.5. The standard InChI is InChI=1S/C28H32F4N4O4.C23H24F4N4O2.C5H6N2O2.ClH/c1-16-33-15-21(34-16)22(37)11-12-27(39,28(30,31)32)23-14-18(26(5,6)36-24(38)40-25(2,3)4)13-20(35-23)17-7-9-19(29)10-8-17;1-13-29-12-18(30-13)19(32)8-9-22(33,23(25,26)27)20-11-15(21(2,3)28)10-17(31-20)14-4-6-16(24)7-5-14;1-3-6-2-4(7-3)5(8)9;/h7-10,13-15,39H,11-12H2,1-6H3,(H,33,34)(H,36,38);4-7,10-12,33H,8-9,28H2,1-3H3,(H,29,30);2H,1H3,(H,6,7)(H,8,9);1H. The van der Waals surface area contributed by atoms with Crippen LogP contribution in [0.1, 0.15) is 146 Å². The van der Waals surface area contributed by atoms with Crippen LogP contribution in [0.15, 0.2) is 91.4 Å². The van der Waals surface area contributed by atoms with Gasteiger partial charge < -0.3 is 46.1 Å². The zero-order valence-electron chi connectivity index (χ0n) is 46.6. The molecule has 0 aliphatic carbocycles. The molecule has 9 N–H and O–H groups in total. The second kappa shape index (κ2) is 26.1. The van der Waals surface area contributed by atoms with Crippen LogP contribution >= 0.6 is 12.4 Å². The predicted octanol–water partition coefficient (Wildman–Crippen LogP) is 11.5. The first-order valence-electron chi connectivity index (χ1n) is 25.0. The zero-order chi connectivity index (χ0) is 61.6. The number of aryl methyl sites for hydroxylation is 3. The van der Waals surface area contributed by atoms with Gasteiger partial charge in [-0.25, -0.2) is 43.3 Å². The molecule has 5 aromatic heterocycles. The van der Waals surface area contributed by atoms with Crippen molar-refractivity contribution in [1.82, 2.24) is 45.2 Å². The third-order valence-electron chi connectivity index (χ3n) is 12.4. The van der Waals surface area contributed by atoms with Gasteiger partial charge in [-0.2, -0.15) is 26.3 Å². The van der Waals surface area contributed by atoms with Crippen molar-refractivity contribution in [2.45, 2.75) is 135 Å². The number of nitrogens with zero attached hydrogens (tertiary/aromatic N) is 5. The van der Waals surface area contributed by atoms with E-state index in [1.165, 1.54) is 55.0 Å². The number of imidazole rings is 3. The second-order valence-electron chi connectivity index (χ2n) is 21.3. The molecule has 0 aliphatic rings. The zero-order valence-corrected chi connectivity index (χ0v) is 47.4. The van der Waals surface area contributed by atoms with E-state index in [9.17, 15) is 64.5 Å². The lowest BCUT2D eigenvalue weighted by atomic mass is 9.86. The number of carbonyl (C=O) groups excluding carboxylic acids is 3. The molecule has 0 saturated carbocycles. The van der Waals surface area contributed by atoms with Crippen LogP contribution in [-0.2, 0) is 27.0 Å². The molecule has 2 atom stereocenters. The Bertz CT molecular complexity index is 3390. The fourth-order valence-electron chi connectivity index (χ4n) is 7.73. The normalized spacial score (nSPS) is 13.4. The molecule has 0 aliphatic heterocycles. The molecular weight excluding hydrogens is 1130 g/mol. The number of halogens is 9. The van der Waals surface area contributed by atoms with Crippen LogP contribution in [0.25, 0.3) is 22.5 Å². The van der Waals surface area contributed by atoms with Crippen LogP contribution in [0, 0.1) is 32.4 Å². The van der Waals surface area contributed by atoms with Gasteiger partial charge in [0.1, 0.15) is 51.8 Å². The molecule has 27 heteroatoms. The summed E-state index contributed by atoms with van der Waals surface area (Å²) in [6, 6.07) is 15.0. The largest absolute Gasteiger partial charge is 0.477 e. The summed E-state index contributed by atoms with van der Waals surface area (Å²) in [6.45, 7) is 16.1. The number of alkyl carbamates (subject to hydrolysis) is 1. The average Bonchev–Trinajstić information content (AvgIpc) is 4.24. The Morgan fingerprint density at radius 3 is 1.23 bits per heavy atom. The summed E-state index contributed by atoms with van der Waals surface area (Å²) in [7, 11) is 0. The van der Waals surface area contributed by atoms with Crippen LogP contribution in [0.5, 0.6) is 0 Å². The number of Topliss-reactive ketones (excluding diaryl/α,β-unsaturated/α-hetero) is 2. The summed E-state index contributed by atoms with van der Waals surface area (Å²) in [5, 5.41) is 32.9. The van der Waals surface area contributed by atoms with Crippen molar-refractivity contribution in [1.29, 1.82) is 0 Å². The first kappa shape index (κ1) is 67.6. The Morgan fingerprint density at radius 2 is 0.928 bits per heavy atom. The Kier molecular flexibility index (Phi) is 21.2. The Morgan fingerprint density at radius 1 is 0.578 bits per heavy atom. The number of benzene rings is 2. The van der Waals surface area contributed by atoms with Crippen molar-refractivity contribution in [3.63, 3.8) is 0 Å². The highest BCUT2D eigenvalue weighted by molar-refractivity contribution is 5.94. The van der Waals surface area contributed by atoms with Crippen LogP contribution in [-0.4, -0.2) is 96.8 Å². The van der Waals surface area contributed by atoms with Gasteiger partial charge in [-0.05, 0) is 166 Å². The lowest BCUT2D eigenvalue weighted by molar-refractivity contribution is -0.270. The molecular formula is C56H63ClF8N10O8. The molecule has 2 unspecified atom stereocenters. The monoisotopic (exact) mass is 1190 g/mol. The number of pyridine rings is 2. The molecule has 7 rings (SSSR count). The highest BCUT2D eigenvalue weighted by Gasteiger charge is 2.57. The van der Waals surface area contributed by atoms with Crippen molar-refractivity contribution >= 4 is 36.0 Å². The third kappa shape index (κ3) is 17.8. The molecule has 0 spiro atoms. The lowest BCUT2D eigenvalue weighted by Gasteiger charge is -2.33. The fourth-order valence-corrected chi connectivity index (χ4v) is 7.73. The number of carboxylic acids is 1. The number of nitrogens with one attached hydrogen (secondary N) is 4. The second-order valence-corrected chi connectivity index (χ2v) is 21.3. The molecule has 2 aromatic carbocycles. The Hall–Kier alpha value is -7.94. The number of ketones is 2. The molecule has 5 heterocycles. The van der Waals surface area contributed by atoms with Crippen molar-refractivity contribution in [3.8, 4) is 22.5 Å². The number of H-pyrrole nitrogens is 3. The van der Waals surface area contributed by atoms with Crippen LogP contribution < -0.4 is 11.1 Å². The van der Waals surface area contributed by atoms with Gasteiger partial charge >= 0.3 is 24.4 Å². The molecule has 0 fully saturated rings. The molecule has 83 heavy (non-hydrogen) atoms. The maximum Gasteiger partial charge on any atom is 0.422 e. The van der Waals surface area contributed by atoms with Crippen molar-refractivity contribution in [2.24, 2.45) is 5.73 Å². The fraction of sp³-hybridized carbons (Fsp3) is 0.375. The van der Waals surface area contributed by atoms with Crippen molar-refractivity contribution in [3.05, 3.63) is 160 Å². The predicted molar refractivity (Wildman–Crippen MR) is 290 cm³/mol. The summed E-state index contributed by atoms with van der Waals surface area (Å²) >= 11 is 0. The number of hydrogen-bond acceptors (Lipinski definition) is 13. The highest BCUT2D eigenvalue weighted by Crippen LogP contribution is 2.45. The van der Waals surface area contributed by atoms with Gasteiger partial charge in [-0.1, -0.05) is 0 Å². The molecule has 0 bridgehead atoms. The first-order chi connectivity index (χ1) is 37.7. The van der Waals surface area contributed by atoms with E-state index in [4.69, 9.17) is 15.6 Å². The van der Waals surface area contributed by atoms with E-state index >= 15 is 0 Å². The van der Waals surface area contributed by atoms with Gasteiger partial charge in [0.25, 0.3) is 0 Å². The van der Waals surface area contributed by atoms with E-state index in [2.05, 4.69) is 45.2 Å². The van der Waals surface area contributed by atoms with Gasteiger partial charge in [-0.15, -0.1) is 12.4 Å². The minimum atomic E-state index is -5.23. The van der Waals surface area contributed by atoms with Crippen LogP contribution in [0.3, 0.4) is 0 Å². The SMILES string of the molecule is Cc1ncc(C(=O)CCC(O)(c2cc(C(C)(C)N)cc(-c3ccc(F)cc3)n2)C(F)(F)F)[nH]1.Cc1ncc(C(=O)CCC(O)(c2cc(C(C)(C)NC(=O)OC(C)(C)C)cc(-c3ccc(F)cc3)n2)C(F)(F)F)[nH]1.Cc1ncc(C(=O)O)[nH]1.Cl.